The SMILES string of the molecule is C=CCn1c(SCC(=O)Nc2cccc(Cl)c2C)nnc1[C@H](NC(=O)c1ccc(OC)cc1)C(C)C. The first kappa shape index (κ1) is 27.3. The van der Waals surface area contributed by atoms with Crippen LogP contribution < -0.4 is 15.4 Å². The normalized spacial score (nSPS) is 11.7. The number of benzene rings is 2. The average molecular weight is 528 g/mol. The second-order valence-corrected chi connectivity index (χ2v) is 9.76. The molecule has 1 aromatic heterocycles. The number of carbonyl (C=O) groups is 2. The predicted octanol–water partition coefficient (Wildman–Crippen LogP) is 5.29. The molecule has 0 unspecified atom stereocenters. The van der Waals surface area contributed by atoms with E-state index in [2.05, 4.69) is 27.4 Å². The fourth-order valence-electron chi connectivity index (χ4n) is 3.49. The minimum Gasteiger partial charge on any atom is -0.497 e. The van der Waals surface area contributed by atoms with Crippen LogP contribution in [-0.4, -0.2) is 39.4 Å². The van der Waals surface area contributed by atoms with Gasteiger partial charge in [0.05, 0.1) is 18.9 Å². The van der Waals surface area contributed by atoms with E-state index < -0.39 is 6.04 Å². The smallest absolute Gasteiger partial charge is 0.251 e. The summed E-state index contributed by atoms with van der Waals surface area (Å²) in [5, 5.41) is 15.8. The number of nitrogens with zero attached hydrogens (tertiary/aromatic N) is 3. The lowest BCUT2D eigenvalue weighted by Gasteiger charge is -2.22. The number of nitrogens with one attached hydrogen (secondary N) is 2. The zero-order valence-corrected chi connectivity index (χ0v) is 22.3. The van der Waals surface area contributed by atoms with E-state index in [-0.39, 0.29) is 23.5 Å². The Labute approximate surface area is 220 Å². The van der Waals surface area contributed by atoms with Crippen LogP contribution in [0.5, 0.6) is 5.75 Å². The van der Waals surface area contributed by atoms with Crippen molar-refractivity contribution in [3.63, 3.8) is 0 Å². The number of halogens is 1. The molecule has 0 bridgehead atoms. The third-order valence-electron chi connectivity index (χ3n) is 5.51. The second-order valence-electron chi connectivity index (χ2n) is 8.41. The number of anilines is 1. The van der Waals surface area contributed by atoms with Crippen molar-refractivity contribution in [3.05, 3.63) is 77.1 Å². The Bertz CT molecular complexity index is 1230. The van der Waals surface area contributed by atoms with Gasteiger partial charge in [-0.05, 0) is 54.8 Å². The molecule has 0 saturated carbocycles. The van der Waals surface area contributed by atoms with Crippen LogP contribution in [0, 0.1) is 12.8 Å². The molecule has 1 heterocycles. The minimum absolute atomic E-state index is 0.0342. The Balaban J connectivity index is 1.75. The molecule has 1 atom stereocenters. The van der Waals surface area contributed by atoms with Gasteiger partial charge in [-0.2, -0.15) is 0 Å². The lowest BCUT2D eigenvalue weighted by molar-refractivity contribution is -0.113. The van der Waals surface area contributed by atoms with Crippen molar-refractivity contribution in [2.75, 3.05) is 18.2 Å². The first-order valence-electron chi connectivity index (χ1n) is 11.4. The molecule has 0 aliphatic carbocycles. The van der Waals surface area contributed by atoms with Crippen LogP contribution >= 0.6 is 23.4 Å². The number of rotatable bonds is 11. The van der Waals surface area contributed by atoms with Crippen LogP contribution in [0.4, 0.5) is 5.69 Å². The standard InChI is InChI=1S/C26H30ClN5O3S/c1-6-14-32-24(23(16(2)3)29-25(34)18-10-12-19(35-5)13-11-18)30-31-26(32)36-15-22(33)28-21-9-7-8-20(27)17(21)4/h6-13,16,23H,1,14-15H2,2-5H3,(H,28,33)(H,29,34)/t23-/m1/s1. The highest BCUT2D eigenvalue weighted by Crippen LogP contribution is 2.27. The summed E-state index contributed by atoms with van der Waals surface area (Å²) in [4.78, 5) is 25.5. The number of carbonyl (C=O) groups excluding carboxylic acids is 2. The molecule has 2 N–H and O–H groups in total. The van der Waals surface area contributed by atoms with Crippen molar-refractivity contribution in [1.82, 2.24) is 20.1 Å². The summed E-state index contributed by atoms with van der Waals surface area (Å²) in [5.41, 5.74) is 1.99. The van der Waals surface area contributed by atoms with E-state index in [1.165, 1.54) is 11.8 Å². The van der Waals surface area contributed by atoms with Gasteiger partial charge in [0.25, 0.3) is 5.91 Å². The fourth-order valence-corrected chi connectivity index (χ4v) is 4.42. The summed E-state index contributed by atoms with van der Waals surface area (Å²) in [6.45, 7) is 10.1. The maximum Gasteiger partial charge on any atom is 0.251 e. The van der Waals surface area contributed by atoms with Crippen LogP contribution in [0.2, 0.25) is 5.02 Å². The van der Waals surface area contributed by atoms with Crippen molar-refractivity contribution < 1.29 is 14.3 Å². The molecule has 0 aliphatic rings. The quantitative estimate of drug-likeness (QED) is 0.259. The number of aromatic nitrogens is 3. The van der Waals surface area contributed by atoms with E-state index >= 15 is 0 Å². The Morgan fingerprint density at radius 3 is 2.56 bits per heavy atom. The van der Waals surface area contributed by atoms with Gasteiger partial charge >= 0.3 is 0 Å². The third kappa shape index (κ3) is 6.67. The fraction of sp³-hybridized carbons (Fsp3) is 0.308. The van der Waals surface area contributed by atoms with Gasteiger partial charge in [-0.15, -0.1) is 16.8 Å². The Morgan fingerprint density at radius 2 is 1.92 bits per heavy atom. The van der Waals surface area contributed by atoms with Crippen LogP contribution in [0.1, 0.15) is 41.6 Å². The highest BCUT2D eigenvalue weighted by Gasteiger charge is 2.26. The lowest BCUT2D eigenvalue weighted by atomic mass is 10.0. The minimum atomic E-state index is -0.399. The number of hydrogen-bond acceptors (Lipinski definition) is 6. The van der Waals surface area contributed by atoms with Gasteiger partial charge in [0, 0.05) is 22.8 Å². The Morgan fingerprint density at radius 1 is 1.19 bits per heavy atom. The predicted molar refractivity (Wildman–Crippen MR) is 144 cm³/mol. The second kappa shape index (κ2) is 12.6. The molecule has 10 heteroatoms. The van der Waals surface area contributed by atoms with Crippen molar-refractivity contribution in [2.45, 2.75) is 38.5 Å². The monoisotopic (exact) mass is 527 g/mol. The van der Waals surface area contributed by atoms with Crippen molar-refractivity contribution in [1.29, 1.82) is 0 Å². The van der Waals surface area contributed by atoms with Gasteiger partial charge in [0.1, 0.15) is 5.75 Å². The molecule has 0 spiro atoms. The van der Waals surface area contributed by atoms with Crippen LogP contribution in [0.25, 0.3) is 0 Å². The molecular weight excluding hydrogens is 498 g/mol. The summed E-state index contributed by atoms with van der Waals surface area (Å²) in [6, 6.07) is 11.9. The zero-order valence-electron chi connectivity index (χ0n) is 20.7. The molecular formula is C26H30ClN5O3S. The number of amides is 2. The lowest BCUT2D eigenvalue weighted by Crippen LogP contribution is -2.33. The number of thioether (sulfide) groups is 1. The van der Waals surface area contributed by atoms with E-state index in [4.69, 9.17) is 16.3 Å². The molecule has 0 radical (unpaired) electrons. The molecule has 0 fully saturated rings. The number of ether oxygens (including phenoxy) is 1. The van der Waals surface area contributed by atoms with Gasteiger partial charge < -0.3 is 19.9 Å². The van der Waals surface area contributed by atoms with Crippen LogP contribution in [-0.2, 0) is 11.3 Å². The Kier molecular flexibility index (Phi) is 9.55. The molecule has 0 aliphatic heterocycles. The summed E-state index contributed by atoms with van der Waals surface area (Å²) >= 11 is 7.41. The maximum atomic E-state index is 13.0. The molecule has 3 rings (SSSR count). The van der Waals surface area contributed by atoms with Crippen molar-refractivity contribution >= 4 is 40.9 Å². The average Bonchev–Trinajstić information content (AvgIpc) is 3.26. The largest absolute Gasteiger partial charge is 0.497 e. The van der Waals surface area contributed by atoms with Crippen molar-refractivity contribution in [3.8, 4) is 5.75 Å². The maximum absolute atomic E-state index is 13.0. The highest BCUT2D eigenvalue weighted by atomic mass is 35.5. The number of hydrogen-bond donors (Lipinski definition) is 2. The van der Waals surface area contributed by atoms with E-state index in [0.717, 1.165) is 5.56 Å². The van der Waals surface area contributed by atoms with Crippen LogP contribution in [0.3, 0.4) is 0 Å². The van der Waals surface area contributed by atoms with Gasteiger partial charge in [-0.25, -0.2) is 0 Å². The number of allylic oxidation sites excluding steroid dienone is 1. The molecule has 3 aromatic rings. The van der Waals surface area contributed by atoms with Gasteiger partial charge in [-0.3, -0.25) is 9.59 Å². The van der Waals surface area contributed by atoms with Gasteiger partial charge in [0.2, 0.25) is 5.91 Å². The summed E-state index contributed by atoms with van der Waals surface area (Å²) in [7, 11) is 1.58. The van der Waals surface area contributed by atoms with E-state index in [0.29, 0.717) is 39.5 Å². The molecule has 36 heavy (non-hydrogen) atoms. The number of methoxy groups -OCH3 is 1. The highest BCUT2D eigenvalue weighted by molar-refractivity contribution is 7.99. The molecule has 2 aromatic carbocycles. The summed E-state index contributed by atoms with van der Waals surface area (Å²) < 4.78 is 7.04. The molecule has 190 valence electrons. The topological polar surface area (TPSA) is 98.1 Å². The van der Waals surface area contributed by atoms with Gasteiger partial charge in [0.15, 0.2) is 11.0 Å². The third-order valence-corrected chi connectivity index (χ3v) is 6.89. The van der Waals surface area contributed by atoms with Gasteiger partial charge in [-0.1, -0.05) is 49.4 Å². The van der Waals surface area contributed by atoms with Crippen LogP contribution in [0.15, 0.2) is 60.3 Å². The zero-order chi connectivity index (χ0) is 26.2. The van der Waals surface area contributed by atoms with Crippen molar-refractivity contribution in [2.24, 2.45) is 5.92 Å². The Hall–Kier alpha value is -3.30. The van der Waals surface area contributed by atoms with E-state index in [9.17, 15) is 9.59 Å². The molecule has 8 nitrogen and oxygen atoms in total. The van der Waals surface area contributed by atoms with E-state index in [1.807, 2.05) is 25.3 Å². The molecule has 0 saturated heterocycles. The molecule has 2 amide bonds. The first-order chi connectivity index (χ1) is 17.2. The first-order valence-corrected chi connectivity index (χ1v) is 12.8. The van der Waals surface area contributed by atoms with E-state index in [1.54, 1.807) is 55.7 Å². The summed E-state index contributed by atoms with van der Waals surface area (Å²) in [5.74, 6) is 1.02. The summed E-state index contributed by atoms with van der Waals surface area (Å²) in [6.07, 6.45) is 1.73.